The van der Waals surface area contributed by atoms with Crippen LogP contribution in [0.25, 0.3) is 0 Å². The van der Waals surface area contributed by atoms with Gasteiger partial charge in [0.2, 0.25) is 5.89 Å². The standard InChI is InChI=1S/C12H19N3O/c13-12(7-3-1-2-4-8-12)11-14-10(16-15-11)9-5-6-9/h9H,1-8,13H2. The average Bonchev–Trinajstić information content (AvgIpc) is 3.05. The second kappa shape index (κ2) is 3.84. The van der Waals surface area contributed by atoms with Gasteiger partial charge in [0, 0.05) is 5.92 Å². The van der Waals surface area contributed by atoms with Crippen LogP contribution >= 0.6 is 0 Å². The third kappa shape index (κ3) is 1.86. The molecule has 2 aliphatic rings. The van der Waals surface area contributed by atoms with Gasteiger partial charge >= 0.3 is 0 Å². The average molecular weight is 221 g/mol. The summed E-state index contributed by atoms with van der Waals surface area (Å²) < 4.78 is 5.31. The second-order valence-corrected chi connectivity index (χ2v) is 5.30. The molecule has 0 spiro atoms. The van der Waals surface area contributed by atoms with E-state index in [2.05, 4.69) is 10.1 Å². The molecular weight excluding hydrogens is 202 g/mol. The lowest BCUT2D eigenvalue weighted by Gasteiger charge is -2.23. The predicted octanol–water partition coefficient (Wildman–Crippen LogP) is 2.46. The van der Waals surface area contributed by atoms with E-state index in [-0.39, 0.29) is 5.54 Å². The summed E-state index contributed by atoms with van der Waals surface area (Å²) in [5.41, 5.74) is 6.10. The molecule has 0 radical (unpaired) electrons. The van der Waals surface area contributed by atoms with Crippen LogP contribution in [-0.4, -0.2) is 10.1 Å². The molecule has 1 aromatic heterocycles. The molecule has 88 valence electrons. The van der Waals surface area contributed by atoms with Crippen LogP contribution in [0.4, 0.5) is 0 Å². The molecular formula is C12H19N3O. The normalized spacial score (nSPS) is 25.3. The van der Waals surface area contributed by atoms with Gasteiger partial charge in [-0.1, -0.05) is 30.8 Å². The zero-order chi connectivity index (χ0) is 11.0. The van der Waals surface area contributed by atoms with Crippen LogP contribution < -0.4 is 5.73 Å². The lowest BCUT2D eigenvalue weighted by atomic mass is 9.91. The molecule has 4 heteroatoms. The van der Waals surface area contributed by atoms with Gasteiger partial charge in [-0.15, -0.1) is 0 Å². The second-order valence-electron chi connectivity index (χ2n) is 5.30. The van der Waals surface area contributed by atoms with Crippen molar-refractivity contribution in [3.63, 3.8) is 0 Å². The third-order valence-corrected chi connectivity index (χ3v) is 3.81. The van der Waals surface area contributed by atoms with E-state index in [1.54, 1.807) is 0 Å². The zero-order valence-corrected chi connectivity index (χ0v) is 9.61. The van der Waals surface area contributed by atoms with Crippen LogP contribution in [0.2, 0.25) is 0 Å². The highest BCUT2D eigenvalue weighted by atomic mass is 16.5. The van der Waals surface area contributed by atoms with Crippen molar-refractivity contribution < 1.29 is 4.52 Å². The van der Waals surface area contributed by atoms with Crippen molar-refractivity contribution in [3.05, 3.63) is 11.7 Å². The minimum Gasteiger partial charge on any atom is -0.339 e. The highest BCUT2D eigenvalue weighted by Gasteiger charge is 2.36. The van der Waals surface area contributed by atoms with Crippen molar-refractivity contribution in [2.45, 2.75) is 62.8 Å². The van der Waals surface area contributed by atoms with Gasteiger partial charge in [-0.2, -0.15) is 4.98 Å². The van der Waals surface area contributed by atoms with Crippen LogP contribution in [0.15, 0.2) is 4.52 Å². The van der Waals surface area contributed by atoms with Crippen molar-refractivity contribution in [3.8, 4) is 0 Å². The molecule has 2 fully saturated rings. The Labute approximate surface area is 95.6 Å². The maximum absolute atomic E-state index is 6.43. The molecule has 0 aromatic carbocycles. The molecule has 2 N–H and O–H groups in total. The van der Waals surface area contributed by atoms with Crippen LogP contribution in [0.3, 0.4) is 0 Å². The molecule has 4 nitrogen and oxygen atoms in total. The number of aromatic nitrogens is 2. The highest BCUT2D eigenvalue weighted by molar-refractivity contribution is 5.08. The minimum absolute atomic E-state index is 0.326. The molecule has 0 bridgehead atoms. The summed E-state index contributed by atoms with van der Waals surface area (Å²) in [5, 5.41) is 4.10. The lowest BCUT2D eigenvalue weighted by Crippen LogP contribution is -2.37. The molecule has 2 saturated carbocycles. The molecule has 0 unspecified atom stereocenters. The monoisotopic (exact) mass is 221 g/mol. The fraction of sp³-hybridized carbons (Fsp3) is 0.833. The Bertz CT molecular complexity index is 362. The van der Waals surface area contributed by atoms with E-state index in [4.69, 9.17) is 10.3 Å². The Morgan fingerprint density at radius 2 is 1.81 bits per heavy atom. The first kappa shape index (κ1) is 10.3. The van der Waals surface area contributed by atoms with Gasteiger partial charge in [0.1, 0.15) is 0 Å². The van der Waals surface area contributed by atoms with Gasteiger partial charge in [-0.05, 0) is 25.7 Å². The predicted molar refractivity (Wildman–Crippen MR) is 59.8 cm³/mol. The Hall–Kier alpha value is -0.900. The van der Waals surface area contributed by atoms with Crippen LogP contribution in [0.1, 0.15) is 69.0 Å². The summed E-state index contributed by atoms with van der Waals surface area (Å²) in [6, 6.07) is 0. The van der Waals surface area contributed by atoms with Crippen molar-refractivity contribution in [2.75, 3.05) is 0 Å². The van der Waals surface area contributed by atoms with Crippen molar-refractivity contribution in [1.82, 2.24) is 10.1 Å². The van der Waals surface area contributed by atoms with Gasteiger partial charge in [-0.3, -0.25) is 0 Å². The molecule has 1 heterocycles. The first-order chi connectivity index (χ1) is 7.78. The van der Waals surface area contributed by atoms with E-state index < -0.39 is 0 Å². The van der Waals surface area contributed by atoms with E-state index in [1.807, 2.05) is 0 Å². The SMILES string of the molecule is NC1(c2noc(C3CC3)n2)CCCCCC1. The van der Waals surface area contributed by atoms with Crippen LogP contribution in [-0.2, 0) is 5.54 Å². The number of nitrogens with zero attached hydrogens (tertiary/aromatic N) is 2. The minimum atomic E-state index is -0.326. The van der Waals surface area contributed by atoms with Crippen molar-refractivity contribution >= 4 is 0 Å². The number of hydrogen-bond donors (Lipinski definition) is 1. The fourth-order valence-corrected chi connectivity index (χ4v) is 2.52. The molecule has 16 heavy (non-hydrogen) atoms. The van der Waals surface area contributed by atoms with Crippen molar-refractivity contribution in [2.24, 2.45) is 5.73 Å². The summed E-state index contributed by atoms with van der Waals surface area (Å²) in [6.45, 7) is 0. The quantitative estimate of drug-likeness (QED) is 0.779. The van der Waals surface area contributed by atoms with Gasteiger partial charge in [0.25, 0.3) is 0 Å². The summed E-state index contributed by atoms with van der Waals surface area (Å²) in [6.07, 6.45) is 9.32. The smallest absolute Gasteiger partial charge is 0.229 e. The van der Waals surface area contributed by atoms with Crippen LogP contribution in [0.5, 0.6) is 0 Å². The molecule has 3 rings (SSSR count). The fourth-order valence-electron chi connectivity index (χ4n) is 2.52. The number of rotatable bonds is 2. The molecule has 1 aromatic rings. The molecule has 0 saturated heterocycles. The summed E-state index contributed by atoms with van der Waals surface area (Å²) in [7, 11) is 0. The lowest BCUT2D eigenvalue weighted by molar-refractivity contribution is 0.324. The molecule has 2 aliphatic carbocycles. The van der Waals surface area contributed by atoms with E-state index in [1.165, 1.54) is 38.5 Å². The maximum atomic E-state index is 6.43. The number of nitrogens with two attached hydrogens (primary N) is 1. The first-order valence-electron chi connectivity index (χ1n) is 6.41. The molecule has 0 atom stereocenters. The largest absolute Gasteiger partial charge is 0.339 e. The Kier molecular flexibility index (Phi) is 2.46. The van der Waals surface area contributed by atoms with Gasteiger partial charge < -0.3 is 10.3 Å². The summed E-state index contributed by atoms with van der Waals surface area (Å²) in [5.74, 6) is 2.08. The van der Waals surface area contributed by atoms with Gasteiger partial charge in [-0.25, -0.2) is 0 Å². The number of hydrogen-bond acceptors (Lipinski definition) is 4. The van der Waals surface area contributed by atoms with E-state index in [9.17, 15) is 0 Å². The summed E-state index contributed by atoms with van der Waals surface area (Å²) >= 11 is 0. The summed E-state index contributed by atoms with van der Waals surface area (Å²) in [4.78, 5) is 4.51. The Morgan fingerprint density at radius 3 is 2.44 bits per heavy atom. The first-order valence-corrected chi connectivity index (χ1v) is 6.41. The molecule has 0 amide bonds. The van der Waals surface area contributed by atoms with E-state index in [0.29, 0.717) is 5.92 Å². The zero-order valence-electron chi connectivity index (χ0n) is 9.61. The highest BCUT2D eigenvalue weighted by Crippen LogP contribution is 2.40. The van der Waals surface area contributed by atoms with Crippen LogP contribution in [0, 0.1) is 0 Å². The topological polar surface area (TPSA) is 64.9 Å². The Morgan fingerprint density at radius 1 is 1.12 bits per heavy atom. The van der Waals surface area contributed by atoms with Gasteiger partial charge in [0.15, 0.2) is 5.82 Å². The van der Waals surface area contributed by atoms with E-state index in [0.717, 1.165) is 24.6 Å². The Balaban J connectivity index is 1.81. The van der Waals surface area contributed by atoms with Gasteiger partial charge in [0.05, 0.1) is 5.54 Å². The van der Waals surface area contributed by atoms with E-state index >= 15 is 0 Å². The van der Waals surface area contributed by atoms with Crippen molar-refractivity contribution in [1.29, 1.82) is 0 Å². The third-order valence-electron chi connectivity index (χ3n) is 3.81. The maximum Gasteiger partial charge on any atom is 0.229 e. The molecule has 0 aliphatic heterocycles.